The summed E-state index contributed by atoms with van der Waals surface area (Å²) in [7, 11) is 1.70. The van der Waals surface area contributed by atoms with E-state index in [1.54, 1.807) is 7.11 Å². The molecule has 2 aromatic carbocycles. The van der Waals surface area contributed by atoms with Crippen molar-refractivity contribution in [1.29, 1.82) is 0 Å². The normalized spacial score (nSPS) is 12.0. The van der Waals surface area contributed by atoms with Crippen LogP contribution in [-0.4, -0.2) is 19.6 Å². The molecule has 0 spiro atoms. The van der Waals surface area contributed by atoms with E-state index in [1.807, 2.05) is 38.1 Å². The molecule has 28 heavy (non-hydrogen) atoms. The molecule has 1 N–H and O–H groups in total. The molecule has 4 nitrogen and oxygen atoms in total. The van der Waals surface area contributed by atoms with E-state index in [-0.39, 0.29) is 11.9 Å². The van der Waals surface area contributed by atoms with E-state index in [4.69, 9.17) is 9.47 Å². The standard InChI is InChI=1S/C24H33NO3/c1-16(2)21-15-22(18(4)14-23(21)27-6)19(5)25-24(26)8-7-13-28-20-11-9-17(3)10-12-20/h9-12,14-16,19H,7-8,13H2,1-6H3,(H,25,26)/t19-/m0/s1. The van der Waals surface area contributed by atoms with Gasteiger partial charge >= 0.3 is 0 Å². The summed E-state index contributed by atoms with van der Waals surface area (Å²) < 4.78 is 11.2. The van der Waals surface area contributed by atoms with Crippen LogP contribution in [0.25, 0.3) is 0 Å². The van der Waals surface area contributed by atoms with Crippen molar-refractivity contribution in [3.05, 3.63) is 58.7 Å². The van der Waals surface area contributed by atoms with Gasteiger partial charge in [-0.05, 0) is 74.1 Å². The first-order valence-corrected chi connectivity index (χ1v) is 9.99. The number of carbonyl (C=O) groups is 1. The molecule has 0 heterocycles. The number of methoxy groups -OCH3 is 1. The fourth-order valence-corrected chi connectivity index (χ4v) is 3.26. The average Bonchev–Trinajstić information content (AvgIpc) is 2.65. The Kier molecular flexibility index (Phi) is 7.91. The zero-order valence-corrected chi connectivity index (χ0v) is 18.0. The molecule has 0 radical (unpaired) electrons. The SMILES string of the molecule is COc1cc(C)c([C@H](C)NC(=O)CCCOc2ccc(C)cc2)cc1C(C)C. The van der Waals surface area contributed by atoms with Crippen molar-refractivity contribution in [3.8, 4) is 11.5 Å². The summed E-state index contributed by atoms with van der Waals surface area (Å²) in [5, 5.41) is 3.11. The summed E-state index contributed by atoms with van der Waals surface area (Å²) in [4.78, 5) is 12.3. The zero-order chi connectivity index (χ0) is 20.7. The maximum atomic E-state index is 12.3. The number of hydrogen-bond donors (Lipinski definition) is 1. The van der Waals surface area contributed by atoms with Crippen molar-refractivity contribution in [2.75, 3.05) is 13.7 Å². The van der Waals surface area contributed by atoms with Crippen molar-refractivity contribution in [2.45, 2.75) is 59.4 Å². The predicted octanol–water partition coefficient (Wildman–Crippen LogP) is 5.47. The Morgan fingerprint density at radius 3 is 2.32 bits per heavy atom. The predicted molar refractivity (Wildman–Crippen MR) is 114 cm³/mol. The second-order valence-corrected chi connectivity index (χ2v) is 7.66. The first-order valence-electron chi connectivity index (χ1n) is 9.99. The fourth-order valence-electron chi connectivity index (χ4n) is 3.26. The molecule has 0 bridgehead atoms. The largest absolute Gasteiger partial charge is 0.496 e. The second-order valence-electron chi connectivity index (χ2n) is 7.66. The molecule has 0 fully saturated rings. The Morgan fingerprint density at radius 1 is 1.04 bits per heavy atom. The Morgan fingerprint density at radius 2 is 1.71 bits per heavy atom. The monoisotopic (exact) mass is 383 g/mol. The molecule has 1 atom stereocenters. The van der Waals surface area contributed by atoms with Crippen molar-refractivity contribution in [2.24, 2.45) is 0 Å². The van der Waals surface area contributed by atoms with Crippen LogP contribution in [-0.2, 0) is 4.79 Å². The lowest BCUT2D eigenvalue weighted by molar-refractivity contribution is -0.121. The van der Waals surface area contributed by atoms with E-state index in [9.17, 15) is 4.79 Å². The third-order valence-electron chi connectivity index (χ3n) is 4.92. The van der Waals surface area contributed by atoms with Gasteiger partial charge in [0, 0.05) is 6.42 Å². The molecule has 152 valence electrons. The zero-order valence-electron chi connectivity index (χ0n) is 18.0. The van der Waals surface area contributed by atoms with Gasteiger partial charge in [0.15, 0.2) is 0 Å². The number of carbonyl (C=O) groups excluding carboxylic acids is 1. The molecule has 1 amide bonds. The van der Waals surface area contributed by atoms with Gasteiger partial charge in [0.2, 0.25) is 5.91 Å². The van der Waals surface area contributed by atoms with Gasteiger partial charge < -0.3 is 14.8 Å². The van der Waals surface area contributed by atoms with E-state index in [1.165, 1.54) is 5.56 Å². The molecule has 0 aliphatic carbocycles. The Hall–Kier alpha value is -2.49. The number of ether oxygens (including phenoxy) is 2. The van der Waals surface area contributed by atoms with Gasteiger partial charge in [-0.25, -0.2) is 0 Å². The topological polar surface area (TPSA) is 47.6 Å². The number of hydrogen-bond acceptors (Lipinski definition) is 3. The fraction of sp³-hybridized carbons (Fsp3) is 0.458. The summed E-state index contributed by atoms with van der Waals surface area (Å²) in [6.45, 7) is 11.0. The summed E-state index contributed by atoms with van der Waals surface area (Å²) in [5.74, 6) is 2.15. The highest BCUT2D eigenvalue weighted by atomic mass is 16.5. The molecule has 2 rings (SSSR count). The van der Waals surface area contributed by atoms with Gasteiger partial charge in [-0.1, -0.05) is 31.5 Å². The smallest absolute Gasteiger partial charge is 0.220 e. The lowest BCUT2D eigenvalue weighted by Gasteiger charge is -2.21. The number of benzene rings is 2. The quantitative estimate of drug-likeness (QED) is 0.584. The third-order valence-corrected chi connectivity index (χ3v) is 4.92. The maximum Gasteiger partial charge on any atom is 0.220 e. The van der Waals surface area contributed by atoms with Gasteiger partial charge in [-0.3, -0.25) is 4.79 Å². The van der Waals surface area contributed by atoms with Gasteiger partial charge in [0.25, 0.3) is 0 Å². The minimum Gasteiger partial charge on any atom is -0.496 e. The van der Waals surface area contributed by atoms with Crippen LogP contribution < -0.4 is 14.8 Å². The summed E-state index contributed by atoms with van der Waals surface area (Å²) in [6, 6.07) is 12.1. The lowest BCUT2D eigenvalue weighted by Crippen LogP contribution is -2.27. The summed E-state index contributed by atoms with van der Waals surface area (Å²) in [5.41, 5.74) is 4.62. The van der Waals surface area contributed by atoms with E-state index in [0.29, 0.717) is 25.4 Å². The van der Waals surface area contributed by atoms with Gasteiger partial charge in [0.1, 0.15) is 11.5 Å². The van der Waals surface area contributed by atoms with Crippen LogP contribution >= 0.6 is 0 Å². The molecule has 2 aromatic rings. The minimum absolute atomic E-state index is 0.0429. The first kappa shape index (κ1) is 21.8. The Bertz CT molecular complexity index is 781. The van der Waals surface area contributed by atoms with Crippen LogP contribution in [0.2, 0.25) is 0 Å². The minimum atomic E-state index is -0.0473. The lowest BCUT2D eigenvalue weighted by atomic mass is 9.93. The highest BCUT2D eigenvalue weighted by Crippen LogP contribution is 2.32. The van der Waals surface area contributed by atoms with E-state index in [2.05, 4.69) is 38.2 Å². The highest BCUT2D eigenvalue weighted by molar-refractivity contribution is 5.76. The molecule has 0 aliphatic heterocycles. The van der Waals surface area contributed by atoms with E-state index < -0.39 is 0 Å². The Balaban J connectivity index is 1.87. The van der Waals surface area contributed by atoms with Crippen LogP contribution in [0.1, 0.15) is 67.8 Å². The molecule has 0 saturated carbocycles. The van der Waals surface area contributed by atoms with E-state index in [0.717, 1.165) is 28.2 Å². The van der Waals surface area contributed by atoms with Crippen molar-refractivity contribution < 1.29 is 14.3 Å². The Labute approximate surface area is 169 Å². The second kappa shape index (κ2) is 10.2. The van der Waals surface area contributed by atoms with Crippen molar-refractivity contribution >= 4 is 5.91 Å². The van der Waals surface area contributed by atoms with Gasteiger partial charge in [-0.15, -0.1) is 0 Å². The van der Waals surface area contributed by atoms with E-state index >= 15 is 0 Å². The molecule has 0 saturated heterocycles. The molecular weight excluding hydrogens is 350 g/mol. The first-order chi connectivity index (χ1) is 13.3. The summed E-state index contributed by atoms with van der Waals surface area (Å²) >= 11 is 0. The number of amides is 1. The molecule has 0 aromatic heterocycles. The van der Waals surface area contributed by atoms with Crippen LogP contribution in [0.4, 0.5) is 0 Å². The molecular formula is C24H33NO3. The average molecular weight is 384 g/mol. The number of nitrogens with one attached hydrogen (secondary N) is 1. The molecule has 0 unspecified atom stereocenters. The van der Waals surface area contributed by atoms with Gasteiger partial charge in [0.05, 0.1) is 19.8 Å². The molecule has 0 aliphatic rings. The molecule has 4 heteroatoms. The number of rotatable bonds is 9. The van der Waals surface area contributed by atoms with Crippen molar-refractivity contribution in [3.63, 3.8) is 0 Å². The highest BCUT2D eigenvalue weighted by Gasteiger charge is 2.16. The van der Waals surface area contributed by atoms with Gasteiger partial charge in [-0.2, -0.15) is 0 Å². The summed E-state index contributed by atoms with van der Waals surface area (Å²) in [6.07, 6.45) is 1.13. The maximum absolute atomic E-state index is 12.3. The third kappa shape index (κ3) is 6.01. The number of aryl methyl sites for hydroxylation is 2. The van der Waals surface area contributed by atoms with Crippen molar-refractivity contribution in [1.82, 2.24) is 5.32 Å². The van der Waals surface area contributed by atoms with Crippen LogP contribution in [0.15, 0.2) is 36.4 Å². The van der Waals surface area contributed by atoms with Crippen LogP contribution in [0.5, 0.6) is 11.5 Å². The van der Waals surface area contributed by atoms with Crippen LogP contribution in [0.3, 0.4) is 0 Å². The van der Waals surface area contributed by atoms with Crippen LogP contribution in [0, 0.1) is 13.8 Å².